The van der Waals surface area contributed by atoms with Crippen molar-refractivity contribution in [2.75, 3.05) is 6.61 Å². The summed E-state index contributed by atoms with van der Waals surface area (Å²) in [6.07, 6.45) is 9.19. The molecule has 0 aromatic carbocycles. The Labute approximate surface area is 127 Å². The molecule has 0 aromatic heterocycles. The molecule has 0 saturated carbocycles. The number of ether oxygens (including phenoxy) is 2. The minimum atomic E-state index is -1.01. The van der Waals surface area contributed by atoms with Gasteiger partial charge in [-0.15, -0.1) is 0 Å². The number of hydrogen-bond donors (Lipinski definition) is 0. The maximum atomic E-state index is 6.21. The average molecular weight is 301 g/mol. The van der Waals surface area contributed by atoms with E-state index in [0.29, 0.717) is 6.10 Å². The van der Waals surface area contributed by atoms with Gasteiger partial charge in [-0.1, -0.05) is 65.2 Å². The van der Waals surface area contributed by atoms with Gasteiger partial charge in [0.05, 0.1) is 6.10 Å². The lowest BCUT2D eigenvalue weighted by Gasteiger charge is -2.24. The molecule has 1 aliphatic heterocycles. The molecule has 0 aliphatic carbocycles. The summed E-state index contributed by atoms with van der Waals surface area (Å²) in [5.74, 6) is 0.741. The molecule has 1 fully saturated rings. The summed E-state index contributed by atoms with van der Waals surface area (Å²) in [5, 5.41) is 0. The smallest absolute Gasteiger partial charge is 0.158 e. The van der Waals surface area contributed by atoms with Crippen LogP contribution in [0, 0.1) is 5.92 Å². The molecule has 1 unspecified atom stereocenters. The highest BCUT2D eigenvalue weighted by Gasteiger charge is 2.37. The van der Waals surface area contributed by atoms with Gasteiger partial charge < -0.3 is 9.47 Å². The first-order valence-corrected chi connectivity index (χ1v) is 12.4. The Balaban J connectivity index is 2.44. The first kappa shape index (κ1) is 18.2. The first-order valence-electron chi connectivity index (χ1n) is 8.73. The number of rotatable bonds is 10. The summed E-state index contributed by atoms with van der Waals surface area (Å²) >= 11 is 0. The highest BCUT2D eigenvalue weighted by atomic mass is 28.3. The third-order valence-corrected chi connectivity index (χ3v) is 5.87. The first-order chi connectivity index (χ1) is 9.46. The van der Waals surface area contributed by atoms with E-state index < -0.39 is 8.07 Å². The van der Waals surface area contributed by atoms with E-state index >= 15 is 0 Å². The fourth-order valence-corrected chi connectivity index (χ4v) is 5.13. The molecule has 1 rings (SSSR count). The highest BCUT2D eigenvalue weighted by Crippen LogP contribution is 2.36. The monoisotopic (exact) mass is 300 g/mol. The Morgan fingerprint density at radius 2 is 1.75 bits per heavy atom. The molecule has 0 bridgehead atoms. The van der Waals surface area contributed by atoms with Gasteiger partial charge in [0.2, 0.25) is 0 Å². The van der Waals surface area contributed by atoms with Crippen LogP contribution in [-0.4, -0.2) is 27.1 Å². The van der Waals surface area contributed by atoms with Crippen molar-refractivity contribution in [2.24, 2.45) is 5.92 Å². The summed E-state index contributed by atoms with van der Waals surface area (Å²) in [4.78, 5) is 0. The molecule has 1 saturated heterocycles. The molecule has 1 heterocycles. The Morgan fingerprint density at radius 3 is 2.35 bits per heavy atom. The van der Waals surface area contributed by atoms with Crippen molar-refractivity contribution in [2.45, 2.75) is 96.9 Å². The van der Waals surface area contributed by atoms with Crippen molar-refractivity contribution in [3.05, 3.63) is 0 Å². The fourth-order valence-electron chi connectivity index (χ4n) is 3.13. The van der Waals surface area contributed by atoms with Crippen LogP contribution in [0.4, 0.5) is 0 Å². The Kier molecular flexibility index (Phi) is 8.38. The topological polar surface area (TPSA) is 18.5 Å². The third-order valence-electron chi connectivity index (χ3n) is 4.12. The van der Waals surface area contributed by atoms with E-state index in [1.54, 1.807) is 0 Å². The van der Waals surface area contributed by atoms with E-state index in [9.17, 15) is 0 Å². The van der Waals surface area contributed by atoms with E-state index in [-0.39, 0.29) is 6.29 Å². The molecule has 20 heavy (non-hydrogen) atoms. The van der Waals surface area contributed by atoms with Crippen molar-refractivity contribution in [3.8, 4) is 0 Å². The van der Waals surface area contributed by atoms with Gasteiger partial charge in [0.1, 0.15) is 0 Å². The summed E-state index contributed by atoms with van der Waals surface area (Å²) in [6, 6.07) is 1.39. The summed E-state index contributed by atoms with van der Waals surface area (Å²) in [5.41, 5.74) is 0. The molecule has 0 aromatic rings. The van der Waals surface area contributed by atoms with Crippen LogP contribution < -0.4 is 0 Å². The molecule has 3 atom stereocenters. The van der Waals surface area contributed by atoms with Gasteiger partial charge >= 0.3 is 0 Å². The second-order valence-electron chi connectivity index (χ2n) is 7.58. The van der Waals surface area contributed by atoms with Crippen LogP contribution in [0.25, 0.3) is 0 Å². The van der Waals surface area contributed by atoms with E-state index in [1.807, 2.05) is 0 Å². The maximum absolute atomic E-state index is 6.21. The summed E-state index contributed by atoms with van der Waals surface area (Å²) < 4.78 is 12.1. The molecular formula is C17H36O2Si. The maximum Gasteiger partial charge on any atom is 0.158 e. The van der Waals surface area contributed by atoms with Gasteiger partial charge in [-0.3, -0.25) is 0 Å². The minimum absolute atomic E-state index is 0.0783. The van der Waals surface area contributed by atoms with E-state index in [1.165, 1.54) is 38.1 Å². The zero-order valence-electron chi connectivity index (χ0n) is 14.4. The van der Waals surface area contributed by atoms with Gasteiger partial charge in [0.25, 0.3) is 0 Å². The zero-order valence-corrected chi connectivity index (χ0v) is 15.4. The van der Waals surface area contributed by atoms with Crippen LogP contribution in [0.2, 0.25) is 25.7 Å². The highest BCUT2D eigenvalue weighted by molar-refractivity contribution is 6.76. The Morgan fingerprint density at radius 1 is 1.05 bits per heavy atom. The predicted molar refractivity (Wildman–Crippen MR) is 89.9 cm³/mol. The molecular weight excluding hydrogens is 264 g/mol. The molecule has 120 valence electrons. The van der Waals surface area contributed by atoms with Crippen molar-refractivity contribution in [1.29, 1.82) is 0 Å². The predicted octanol–water partition coefficient (Wildman–Crippen LogP) is 5.45. The molecule has 0 spiro atoms. The van der Waals surface area contributed by atoms with Crippen LogP contribution in [-0.2, 0) is 9.47 Å². The standard InChI is InChI=1S/C17H36O2Si/c1-6-8-10-11-16-15(14-20(3,4)5)13-17(19-16)18-12-9-7-2/h15-17H,6-14H2,1-5H3/t15-,16-,17?/m0/s1. The molecule has 0 radical (unpaired) electrons. The third kappa shape index (κ3) is 7.23. The van der Waals surface area contributed by atoms with Gasteiger partial charge in [0, 0.05) is 21.1 Å². The average Bonchev–Trinajstić information content (AvgIpc) is 2.70. The minimum Gasteiger partial charge on any atom is -0.353 e. The van der Waals surface area contributed by atoms with E-state index in [2.05, 4.69) is 33.5 Å². The van der Waals surface area contributed by atoms with Crippen LogP contribution in [0.1, 0.15) is 58.8 Å². The molecule has 1 aliphatic rings. The van der Waals surface area contributed by atoms with E-state index in [0.717, 1.165) is 25.4 Å². The van der Waals surface area contributed by atoms with Crippen LogP contribution in [0.5, 0.6) is 0 Å². The quantitative estimate of drug-likeness (QED) is 0.394. The van der Waals surface area contributed by atoms with Crippen molar-refractivity contribution in [1.82, 2.24) is 0 Å². The number of unbranched alkanes of at least 4 members (excludes halogenated alkanes) is 3. The zero-order chi connectivity index (χ0) is 15.0. The van der Waals surface area contributed by atoms with Crippen molar-refractivity contribution < 1.29 is 9.47 Å². The normalized spacial score (nSPS) is 27.1. The van der Waals surface area contributed by atoms with Crippen LogP contribution >= 0.6 is 0 Å². The SMILES string of the molecule is CCCCC[C@@H]1OC(OCCCC)C[C@H]1C[Si](C)(C)C. The lowest BCUT2D eigenvalue weighted by molar-refractivity contribution is -0.136. The fraction of sp³-hybridized carbons (Fsp3) is 1.00. The van der Waals surface area contributed by atoms with E-state index in [4.69, 9.17) is 9.47 Å². The lowest BCUT2D eigenvalue weighted by atomic mass is 9.98. The molecule has 2 nitrogen and oxygen atoms in total. The second-order valence-corrected chi connectivity index (χ2v) is 13.1. The van der Waals surface area contributed by atoms with Gasteiger partial charge in [-0.05, 0) is 18.8 Å². The molecule has 0 N–H and O–H groups in total. The van der Waals surface area contributed by atoms with Crippen LogP contribution in [0.15, 0.2) is 0 Å². The lowest BCUT2D eigenvalue weighted by Crippen LogP contribution is -2.28. The summed E-state index contributed by atoms with van der Waals surface area (Å²) in [7, 11) is -1.01. The second kappa shape index (κ2) is 9.21. The van der Waals surface area contributed by atoms with Gasteiger partial charge in [-0.2, -0.15) is 0 Å². The van der Waals surface area contributed by atoms with Crippen molar-refractivity contribution in [3.63, 3.8) is 0 Å². The van der Waals surface area contributed by atoms with Gasteiger partial charge in [-0.25, -0.2) is 0 Å². The molecule has 0 amide bonds. The van der Waals surface area contributed by atoms with Crippen molar-refractivity contribution >= 4 is 8.07 Å². The largest absolute Gasteiger partial charge is 0.353 e. The Hall–Kier alpha value is 0.137. The molecule has 3 heteroatoms. The number of hydrogen-bond acceptors (Lipinski definition) is 2. The Bertz CT molecular complexity index is 250. The summed E-state index contributed by atoms with van der Waals surface area (Å²) in [6.45, 7) is 12.8. The van der Waals surface area contributed by atoms with Crippen LogP contribution in [0.3, 0.4) is 0 Å². The van der Waals surface area contributed by atoms with Gasteiger partial charge in [0.15, 0.2) is 6.29 Å².